The van der Waals surface area contributed by atoms with Gasteiger partial charge < -0.3 is 16.0 Å². The maximum absolute atomic E-state index is 13.3. The number of hydrogen-bond donors (Lipinski definition) is 3. The molecule has 2 aromatic rings. The number of carbonyl (C=O) groups excluding carboxylic acids is 3. The van der Waals surface area contributed by atoms with E-state index in [4.69, 9.17) is 0 Å². The topological polar surface area (TPSA) is 87.3 Å². The number of hydrogen-bond acceptors (Lipinski definition) is 3. The van der Waals surface area contributed by atoms with Gasteiger partial charge >= 0.3 is 0 Å². The number of halogens is 1. The van der Waals surface area contributed by atoms with Crippen LogP contribution in [0.2, 0.25) is 0 Å². The van der Waals surface area contributed by atoms with Crippen molar-refractivity contribution in [3.63, 3.8) is 0 Å². The van der Waals surface area contributed by atoms with Gasteiger partial charge in [-0.2, -0.15) is 0 Å². The Morgan fingerprint density at radius 1 is 1.00 bits per heavy atom. The number of nitrogens with one attached hydrogen (secondary N) is 3. The first kappa shape index (κ1) is 30.1. The second-order valence-corrected chi connectivity index (χ2v) is 10.8. The molecule has 2 aromatic carbocycles. The Kier molecular flexibility index (Phi) is 11.7. The van der Waals surface area contributed by atoms with Crippen molar-refractivity contribution in [1.29, 1.82) is 0 Å². The molecule has 206 valence electrons. The van der Waals surface area contributed by atoms with Gasteiger partial charge in [-0.3, -0.25) is 14.4 Å². The first-order valence-corrected chi connectivity index (χ1v) is 14.3. The van der Waals surface area contributed by atoms with Gasteiger partial charge in [-0.25, -0.2) is 0 Å². The molecule has 0 heterocycles. The monoisotopic (exact) mass is 591 g/mol. The quantitative estimate of drug-likeness (QED) is 0.218. The fourth-order valence-corrected chi connectivity index (χ4v) is 4.74. The largest absolute Gasteiger partial charge is 0.352 e. The standard InChI is InChI=1S/C32H38BrN3O3/c1-4-26(33)20-15-23(3)34-30(37)21-29(32(39)35-27-12-7-5-6-8-13-27)36-31(38)25-18-16-24(17-19-25)28-14-10-9-11-22(28)2/h4,9-11,14-20,27,29H,3,5-8,12-13,21H2,1-2H3,(H,34,37)(H,35,39)(H,36,38)/b20-15-,26-4+. The minimum absolute atomic E-state index is 0.0481. The van der Waals surface area contributed by atoms with Gasteiger partial charge in [0.1, 0.15) is 6.04 Å². The minimum atomic E-state index is -1.02. The summed E-state index contributed by atoms with van der Waals surface area (Å²) in [6.07, 6.45) is 11.3. The van der Waals surface area contributed by atoms with Crippen LogP contribution in [0.3, 0.4) is 0 Å². The first-order chi connectivity index (χ1) is 18.8. The van der Waals surface area contributed by atoms with Gasteiger partial charge in [0, 0.05) is 21.8 Å². The van der Waals surface area contributed by atoms with E-state index in [1.807, 2.05) is 56.3 Å². The molecule has 0 spiro atoms. The molecule has 1 atom stereocenters. The maximum Gasteiger partial charge on any atom is 0.251 e. The van der Waals surface area contributed by atoms with Crippen molar-refractivity contribution in [2.45, 2.75) is 70.9 Å². The number of allylic oxidation sites excluding steroid dienone is 4. The number of aryl methyl sites for hydroxylation is 1. The van der Waals surface area contributed by atoms with Crippen LogP contribution in [0.1, 0.15) is 67.8 Å². The van der Waals surface area contributed by atoms with Crippen LogP contribution in [0.5, 0.6) is 0 Å². The molecule has 1 fully saturated rings. The van der Waals surface area contributed by atoms with E-state index < -0.39 is 17.9 Å². The van der Waals surface area contributed by atoms with Crippen LogP contribution in [0.4, 0.5) is 0 Å². The number of amides is 3. The lowest BCUT2D eigenvalue weighted by molar-refractivity contribution is -0.128. The van der Waals surface area contributed by atoms with Crippen LogP contribution in [0, 0.1) is 6.92 Å². The van der Waals surface area contributed by atoms with Crippen LogP contribution in [-0.2, 0) is 9.59 Å². The molecule has 0 radical (unpaired) electrons. The summed E-state index contributed by atoms with van der Waals surface area (Å²) in [5.74, 6) is -1.16. The molecule has 0 saturated heterocycles. The van der Waals surface area contributed by atoms with Gasteiger partial charge in [-0.15, -0.1) is 0 Å². The Morgan fingerprint density at radius 3 is 2.31 bits per heavy atom. The number of carbonyl (C=O) groups is 3. The third-order valence-corrected chi connectivity index (χ3v) is 7.56. The molecule has 7 heteroatoms. The Morgan fingerprint density at radius 2 is 1.67 bits per heavy atom. The molecule has 39 heavy (non-hydrogen) atoms. The summed E-state index contributed by atoms with van der Waals surface area (Å²) >= 11 is 3.37. The summed E-state index contributed by atoms with van der Waals surface area (Å²) in [4.78, 5) is 39.3. The molecule has 1 aliphatic carbocycles. The zero-order chi connectivity index (χ0) is 28.2. The van der Waals surface area contributed by atoms with Crippen molar-refractivity contribution < 1.29 is 14.4 Å². The van der Waals surface area contributed by atoms with E-state index in [-0.39, 0.29) is 18.4 Å². The fraction of sp³-hybridized carbons (Fsp3) is 0.344. The minimum Gasteiger partial charge on any atom is -0.352 e. The van der Waals surface area contributed by atoms with Gasteiger partial charge in [0.25, 0.3) is 5.91 Å². The third kappa shape index (κ3) is 9.66. The van der Waals surface area contributed by atoms with Gasteiger partial charge in [0.2, 0.25) is 11.8 Å². The predicted molar refractivity (Wildman–Crippen MR) is 161 cm³/mol. The van der Waals surface area contributed by atoms with Crippen LogP contribution in [0.25, 0.3) is 11.1 Å². The normalized spacial score (nSPS) is 15.3. The molecular formula is C32H38BrN3O3. The van der Waals surface area contributed by atoms with E-state index in [0.717, 1.165) is 59.7 Å². The second-order valence-electron chi connectivity index (χ2n) is 9.90. The summed E-state index contributed by atoms with van der Waals surface area (Å²) in [6, 6.07) is 14.3. The lowest BCUT2D eigenvalue weighted by atomic mass is 9.99. The lowest BCUT2D eigenvalue weighted by Crippen LogP contribution is -2.51. The Labute approximate surface area is 240 Å². The zero-order valence-electron chi connectivity index (χ0n) is 22.8. The van der Waals surface area contributed by atoms with Gasteiger partial charge in [0.15, 0.2) is 0 Å². The summed E-state index contributed by atoms with van der Waals surface area (Å²) in [5, 5.41) is 8.57. The first-order valence-electron chi connectivity index (χ1n) is 13.5. The van der Waals surface area contributed by atoms with E-state index in [1.54, 1.807) is 24.3 Å². The lowest BCUT2D eigenvalue weighted by Gasteiger charge is -2.22. The molecule has 3 amide bonds. The molecule has 0 aliphatic heterocycles. The van der Waals surface area contributed by atoms with Crippen LogP contribution in [0.15, 0.2) is 83.5 Å². The van der Waals surface area contributed by atoms with Crippen molar-refractivity contribution in [3.8, 4) is 11.1 Å². The SMILES string of the molecule is C=C(/C=C\C(Br)=C/C)NC(=O)CC(NC(=O)c1ccc(-c2ccccc2C)cc1)C(=O)NC1CCCCCC1. The summed E-state index contributed by atoms with van der Waals surface area (Å²) < 4.78 is 0.847. The van der Waals surface area contributed by atoms with E-state index in [1.165, 1.54) is 0 Å². The molecular weight excluding hydrogens is 554 g/mol. The van der Waals surface area contributed by atoms with E-state index >= 15 is 0 Å². The van der Waals surface area contributed by atoms with Crippen LogP contribution >= 0.6 is 15.9 Å². The van der Waals surface area contributed by atoms with E-state index in [0.29, 0.717) is 11.3 Å². The average Bonchev–Trinajstić information content (AvgIpc) is 3.20. The van der Waals surface area contributed by atoms with E-state index in [2.05, 4.69) is 38.5 Å². The number of rotatable bonds is 10. The van der Waals surface area contributed by atoms with Crippen LogP contribution < -0.4 is 16.0 Å². The van der Waals surface area contributed by atoms with Crippen molar-refractivity contribution in [2.24, 2.45) is 0 Å². The highest BCUT2D eigenvalue weighted by molar-refractivity contribution is 9.11. The Bertz CT molecular complexity index is 1230. The molecule has 1 aliphatic rings. The molecule has 3 rings (SSSR count). The Balaban J connectivity index is 1.71. The smallest absolute Gasteiger partial charge is 0.251 e. The van der Waals surface area contributed by atoms with Gasteiger partial charge in [-0.1, -0.05) is 90.7 Å². The van der Waals surface area contributed by atoms with Crippen molar-refractivity contribution in [1.82, 2.24) is 16.0 Å². The summed E-state index contributed by atoms with van der Waals surface area (Å²) in [5.41, 5.74) is 4.05. The summed E-state index contributed by atoms with van der Waals surface area (Å²) in [6.45, 7) is 7.78. The second kappa shape index (κ2) is 15.2. The predicted octanol–water partition coefficient (Wildman–Crippen LogP) is 6.47. The highest BCUT2D eigenvalue weighted by atomic mass is 79.9. The summed E-state index contributed by atoms with van der Waals surface area (Å²) in [7, 11) is 0. The Hall–Kier alpha value is -3.45. The maximum atomic E-state index is 13.3. The third-order valence-electron chi connectivity index (χ3n) is 6.84. The fourth-order valence-electron chi connectivity index (χ4n) is 4.61. The highest BCUT2D eigenvalue weighted by Crippen LogP contribution is 2.23. The molecule has 1 unspecified atom stereocenters. The highest BCUT2D eigenvalue weighted by Gasteiger charge is 2.27. The molecule has 3 N–H and O–H groups in total. The molecule has 0 aromatic heterocycles. The molecule has 0 bridgehead atoms. The van der Waals surface area contributed by atoms with Crippen molar-refractivity contribution in [3.05, 3.63) is 94.6 Å². The number of benzene rings is 2. The molecule has 6 nitrogen and oxygen atoms in total. The molecule has 1 saturated carbocycles. The van der Waals surface area contributed by atoms with Crippen LogP contribution in [-0.4, -0.2) is 29.8 Å². The van der Waals surface area contributed by atoms with Crippen molar-refractivity contribution >= 4 is 33.7 Å². The van der Waals surface area contributed by atoms with Gasteiger partial charge in [-0.05, 0) is 67.7 Å². The van der Waals surface area contributed by atoms with E-state index in [9.17, 15) is 14.4 Å². The van der Waals surface area contributed by atoms with Crippen molar-refractivity contribution in [2.75, 3.05) is 0 Å². The average molecular weight is 593 g/mol. The van der Waals surface area contributed by atoms with Gasteiger partial charge in [0.05, 0.1) is 6.42 Å². The zero-order valence-corrected chi connectivity index (χ0v) is 24.4.